The van der Waals surface area contributed by atoms with E-state index in [2.05, 4.69) is 12.1 Å². The molecule has 0 atom stereocenters. The van der Waals surface area contributed by atoms with Crippen molar-refractivity contribution in [2.45, 2.75) is 51.7 Å². The summed E-state index contributed by atoms with van der Waals surface area (Å²) in [5.41, 5.74) is 2.65. The van der Waals surface area contributed by atoms with Gasteiger partial charge in [0.15, 0.2) is 0 Å². The van der Waals surface area contributed by atoms with Crippen molar-refractivity contribution in [3.63, 3.8) is 0 Å². The van der Waals surface area contributed by atoms with E-state index in [1.54, 1.807) is 0 Å². The van der Waals surface area contributed by atoms with Crippen LogP contribution in [0.5, 0.6) is 11.5 Å². The molecule has 0 amide bonds. The van der Waals surface area contributed by atoms with Gasteiger partial charge in [-0.25, -0.2) is 4.79 Å². The van der Waals surface area contributed by atoms with Gasteiger partial charge < -0.3 is 14.6 Å². The molecule has 4 heteroatoms. The minimum Gasteiger partial charge on any atom is -0.482 e. The largest absolute Gasteiger partial charge is 0.482 e. The van der Waals surface area contributed by atoms with Crippen LogP contribution in [0, 0.1) is 0 Å². The third-order valence-corrected chi connectivity index (χ3v) is 5.34. The Labute approximate surface area is 171 Å². The number of rotatable bonds is 4. The molecule has 150 valence electrons. The van der Waals surface area contributed by atoms with E-state index in [-0.39, 0.29) is 5.56 Å². The monoisotopic (exact) mass is 390 g/mol. The van der Waals surface area contributed by atoms with Crippen LogP contribution < -0.4 is 9.47 Å². The molecule has 29 heavy (non-hydrogen) atoms. The Balaban J connectivity index is 1.91. The van der Waals surface area contributed by atoms with Gasteiger partial charge in [0, 0.05) is 5.56 Å². The zero-order valence-corrected chi connectivity index (χ0v) is 17.3. The summed E-state index contributed by atoms with van der Waals surface area (Å²) in [7, 11) is 0. The average Bonchev–Trinajstić information content (AvgIpc) is 2.64. The fourth-order valence-electron chi connectivity index (χ4n) is 3.90. The summed E-state index contributed by atoms with van der Waals surface area (Å²) in [5.74, 6) is 0.127. The van der Waals surface area contributed by atoms with E-state index < -0.39 is 17.2 Å². The highest BCUT2D eigenvalue weighted by Gasteiger charge is 2.36. The lowest BCUT2D eigenvalue weighted by Crippen LogP contribution is -2.32. The zero-order valence-electron chi connectivity index (χ0n) is 17.3. The fraction of sp³-hybridized carbons (Fsp3) is 0.320. The summed E-state index contributed by atoms with van der Waals surface area (Å²) in [6.07, 6.45) is 9.18. The lowest BCUT2D eigenvalue weighted by Gasteiger charge is -2.35. The van der Waals surface area contributed by atoms with Crippen LogP contribution in [0.4, 0.5) is 0 Å². The number of hydrogen-bond donors (Lipinski definition) is 1. The third kappa shape index (κ3) is 3.67. The summed E-state index contributed by atoms with van der Waals surface area (Å²) < 4.78 is 12.5. The van der Waals surface area contributed by atoms with Crippen molar-refractivity contribution in [3.05, 3.63) is 70.3 Å². The van der Waals surface area contributed by atoms with Crippen LogP contribution in [0.2, 0.25) is 0 Å². The predicted molar refractivity (Wildman–Crippen MR) is 115 cm³/mol. The maximum atomic E-state index is 12.4. The van der Waals surface area contributed by atoms with Crippen LogP contribution in [0.3, 0.4) is 0 Å². The molecule has 4 nitrogen and oxygen atoms in total. The highest BCUT2D eigenvalue weighted by Crippen LogP contribution is 2.48. The van der Waals surface area contributed by atoms with E-state index in [0.717, 1.165) is 23.1 Å². The molecule has 0 unspecified atom stereocenters. The lowest BCUT2D eigenvalue weighted by atomic mass is 9.86. The number of aromatic carboxylic acids is 1. The SMILES string of the molecule is CC1(C)C=Cc2c(CCc3ccccc3)c(C(=O)O)c3c(c2O1)C=CC(C)(C)O3. The minimum absolute atomic E-state index is 0.236. The number of fused-ring (bicyclic) bond motifs is 3. The van der Waals surface area contributed by atoms with Gasteiger partial charge in [0.2, 0.25) is 0 Å². The highest BCUT2D eigenvalue weighted by atomic mass is 16.5. The van der Waals surface area contributed by atoms with Crippen LogP contribution in [0.25, 0.3) is 12.2 Å². The second kappa shape index (κ2) is 6.80. The van der Waals surface area contributed by atoms with Crippen LogP contribution in [0.15, 0.2) is 42.5 Å². The summed E-state index contributed by atoms with van der Waals surface area (Å²) >= 11 is 0. The summed E-state index contributed by atoms with van der Waals surface area (Å²) in [6, 6.07) is 10.1. The van der Waals surface area contributed by atoms with Gasteiger partial charge in [0.25, 0.3) is 0 Å². The Bertz CT molecular complexity index is 1030. The van der Waals surface area contributed by atoms with Gasteiger partial charge in [-0.3, -0.25) is 0 Å². The molecule has 2 aromatic rings. The number of carboxylic acids is 1. The van der Waals surface area contributed by atoms with Crippen molar-refractivity contribution >= 4 is 18.1 Å². The first kappa shape index (κ1) is 19.3. The Morgan fingerprint density at radius 3 is 2.07 bits per heavy atom. The highest BCUT2D eigenvalue weighted by molar-refractivity contribution is 5.98. The summed E-state index contributed by atoms with van der Waals surface area (Å²) in [6.45, 7) is 7.83. The van der Waals surface area contributed by atoms with Gasteiger partial charge in [0.1, 0.15) is 28.3 Å². The van der Waals surface area contributed by atoms with E-state index >= 15 is 0 Å². The fourth-order valence-corrected chi connectivity index (χ4v) is 3.90. The Hall–Kier alpha value is -3.01. The van der Waals surface area contributed by atoms with E-state index in [9.17, 15) is 9.90 Å². The van der Waals surface area contributed by atoms with Crippen molar-refractivity contribution in [3.8, 4) is 11.5 Å². The van der Waals surface area contributed by atoms with Gasteiger partial charge in [-0.15, -0.1) is 0 Å². The van der Waals surface area contributed by atoms with Crippen molar-refractivity contribution < 1.29 is 19.4 Å². The van der Waals surface area contributed by atoms with E-state index in [4.69, 9.17) is 9.47 Å². The first-order chi connectivity index (χ1) is 13.7. The third-order valence-electron chi connectivity index (χ3n) is 5.34. The van der Waals surface area contributed by atoms with Crippen LogP contribution in [0.1, 0.15) is 60.3 Å². The Kier molecular flexibility index (Phi) is 4.53. The smallest absolute Gasteiger partial charge is 0.339 e. The number of ether oxygens (including phenoxy) is 2. The van der Waals surface area contributed by atoms with E-state index in [0.29, 0.717) is 23.5 Å². The molecule has 2 heterocycles. The average molecular weight is 390 g/mol. The van der Waals surface area contributed by atoms with Gasteiger partial charge >= 0.3 is 5.97 Å². The Morgan fingerprint density at radius 1 is 0.862 bits per heavy atom. The van der Waals surface area contributed by atoms with Crippen molar-refractivity contribution in [1.82, 2.24) is 0 Å². The summed E-state index contributed by atoms with van der Waals surface area (Å²) in [4.78, 5) is 12.4. The first-order valence-electron chi connectivity index (χ1n) is 9.93. The molecule has 2 aromatic carbocycles. The number of carbonyl (C=O) groups is 1. The summed E-state index contributed by atoms with van der Waals surface area (Å²) in [5, 5.41) is 10.1. The molecule has 0 radical (unpaired) electrons. The van der Waals surface area contributed by atoms with Crippen LogP contribution >= 0.6 is 0 Å². The zero-order chi connectivity index (χ0) is 20.8. The standard InChI is InChI=1S/C25H26O4/c1-24(2)14-12-18-17(11-10-16-8-6-5-7-9-16)20(23(26)27)22-19(21(18)28-24)13-15-25(3,4)29-22/h5-9,12-15H,10-11H2,1-4H3,(H,26,27). The predicted octanol–water partition coefficient (Wildman–Crippen LogP) is 5.54. The van der Waals surface area contributed by atoms with Crippen molar-refractivity contribution in [1.29, 1.82) is 0 Å². The molecular weight excluding hydrogens is 364 g/mol. The van der Waals surface area contributed by atoms with Crippen molar-refractivity contribution in [2.24, 2.45) is 0 Å². The van der Waals surface area contributed by atoms with Crippen molar-refractivity contribution in [2.75, 3.05) is 0 Å². The van der Waals surface area contributed by atoms with Gasteiger partial charge in [-0.05, 0) is 69.9 Å². The molecule has 0 bridgehead atoms. The number of carboxylic acid groups (broad SMARTS) is 1. The maximum Gasteiger partial charge on any atom is 0.339 e. The Morgan fingerprint density at radius 2 is 1.45 bits per heavy atom. The molecule has 2 aliphatic rings. The molecule has 0 saturated carbocycles. The number of hydrogen-bond acceptors (Lipinski definition) is 3. The van der Waals surface area contributed by atoms with Gasteiger partial charge in [-0.2, -0.15) is 0 Å². The maximum absolute atomic E-state index is 12.4. The van der Waals surface area contributed by atoms with Gasteiger partial charge in [0.05, 0.1) is 5.56 Å². The molecule has 4 rings (SSSR count). The van der Waals surface area contributed by atoms with E-state index in [1.165, 1.54) is 0 Å². The molecule has 0 aromatic heterocycles. The number of aryl methyl sites for hydroxylation is 1. The second-order valence-electron chi connectivity index (χ2n) is 8.71. The molecule has 0 aliphatic carbocycles. The second-order valence-corrected chi connectivity index (χ2v) is 8.71. The minimum atomic E-state index is -0.976. The van der Waals surface area contributed by atoms with Gasteiger partial charge in [-0.1, -0.05) is 36.4 Å². The van der Waals surface area contributed by atoms with Crippen LogP contribution in [-0.4, -0.2) is 22.3 Å². The van der Waals surface area contributed by atoms with Crippen LogP contribution in [-0.2, 0) is 12.8 Å². The molecule has 1 N–H and O–H groups in total. The lowest BCUT2D eigenvalue weighted by molar-refractivity contribution is 0.0683. The first-order valence-corrected chi connectivity index (χ1v) is 9.93. The molecule has 0 fully saturated rings. The number of benzene rings is 2. The normalized spacial score (nSPS) is 17.7. The molecule has 0 saturated heterocycles. The quantitative estimate of drug-likeness (QED) is 0.745. The van der Waals surface area contributed by atoms with E-state index in [1.807, 2.05) is 70.2 Å². The molecule has 2 aliphatic heterocycles. The molecular formula is C25H26O4. The molecule has 0 spiro atoms. The topological polar surface area (TPSA) is 55.8 Å².